The summed E-state index contributed by atoms with van der Waals surface area (Å²) in [5, 5.41) is 2.79. The van der Waals surface area contributed by atoms with E-state index in [0.29, 0.717) is 24.2 Å². The van der Waals surface area contributed by atoms with Gasteiger partial charge in [-0.25, -0.2) is 13.2 Å². The molecule has 1 aliphatic rings. The predicted octanol–water partition coefficient (Wildman–Crippen LogP) is 2.88. The molecule has 3 amide bonds. The Hall–Kier alpha value is -3.59. The standard InChI is InChI=1S/C23H24N4O4S/c1-15-21(22(24)28)19-14-26(13-12-20(19)27(15)17-6-4-3-5-7-17)23(29)25-16-8-10-18(11-9-16)32(2,30)31/h3-11H,12-14H2,1-2H3,(H2,24,28)(H,25,29). The molecule has 9 heteroatoms. The quantitative estimate of drug-likeness (QED) is 0.633. The molecular formula is C23H24N4O4S. The van der Waals surface area contributed by atoms with E-state index < -0.39 is 15.7 Å². The first kappa shape index (κ1) is 21.6. The molecule has 0 saturated heterocycles. The van der Waals surface area contributed by atoms with Crippen molar-refractivity contribution in [3.05, 3.63) is 77.1 Å². The van der Waals surface area contributed by atoms with Gasteiger partial charge in [0.2, 0.25) is 0 Å². The van der Waals surface area contributed by atoms with Crippen molar-refractivity contribution in [3.63, 3.8) is 0 Å². The van der Waals surface area contributed by atoms with E-state index in [0.717, 1.165) is 28.9 Å². The zero-order valence-electron chi connectivity index (χ0n) is 17.8. The smallest absolute Gasteiger partial charge is 0.322 e. The molecule has 166 valence electrons. The second kappa shape index (κ2) is 8.16. The van der Waals surface area contributed by atoms with Crippen LogP contribution in [0.1, 0.15) is 27.3 Å². The maximum absolute atomic E-state index is 12.9. The maximum atomic E-state index is 12.9. The number of amides is 3. The van der Waals surface area contributed by atoms with Crippen LogP contribution >= 0.6 is 0 Å². The summed E-state index contributed by atoms with van der Waals surface area (Å²) in [7, 11) is -3.31. The summed E-state index contributed by atoms with van der Waals surface area (Å²) in [5.41, 5.74) is 10.1. The third kappa shape index (κ3) is 3.99. The Labute approximate surface area is 186 Å². The zero-order valence-corrected chi connectivity index (χ0v) is 18.6. The number of benzene rings is 2. The summed E-state index contributed by atoms with van der Waals surface area (Å²) in [6.45, 7) is 2.58. The molecule has 0 aliphatic carbocycles. The van der Waals surface area contributed by atoms with Crippen molar-refractivity contribution in [2.45, 2.75) is 24.8 Å². The Bertz CT molecular complexity index is 1300. The van der Waals surface area contributed by atoms with Crippen molar-refractivity contribution in [2.24, 2.45) is 5.73 Å². The number of nitrogens with zero attached hydrogens (tertiary/aromatic N) is 2. The fourth-order valence-corrected chi connectivity index (χ4v) is 4.80. The van der Waals surface area contributed by atoms with Gasteiger partial charge in [0, 0.05) is 47.5 Å². The van der Waals surface area contributed by atoms with Crippen molar-refractivity contribution < 1.29 is 18.0 Å². The van der Waals surface area contributed by atoms with Gasteiger partial charge < -0.3 is 20.5 Å². The molecule has 8 nitrogen and oxygen atoms in total. The van der Waals surface area contributed by atoms with Crippen LogP contribution in [0.5, 0.6) is 0 Å². The third-order valence-electron chi connectivity index (χ3n) is 5.67. The van der Waals surface area contributed by atoms with E-state index in [1.165, 1.54) is 12.1 Å². The van der Waals surface area contributed by atoms with E-state index in [1.807, 2.05) is 41.8 Å². The molecule has 0 spiro atoms. The van der Waals surface area contributed by atoms with Gasteiger partial charge in [0.1, 0.15) is 0 Å². The summed E-state index contributed by atoms with van der Waals surface area (Å²) >= 11 is 0. The molecule has 3 N–H and O–H groups in total. The maximum Gasteiger partial charge on any atom is 0.322 e. The van der Waals surface area contributed by atoms with Gasteiger partial charge in [0.15, 0.2) is 9.84 Å². The number of fused-ring (bicyclic) bond motifs is 1. The Morgan fingerprint density at radius 2 is 1.69 bits per heavy atom. The molecule has 0 unspecified atom stereocenters. The summed E-state index contributed by atoms with van der Waals surface area (Å²) in [4.78, 5) is 26.9. The van der Waals surface area contributed by atoms with Crippen LogP contribution in [0.3, 0.4) is 0 Å². The van der Waals surface area contributed by atoms with Gasteiger partial charge in [-0.1, -0.05) is 18.2 Å². The van der Waals surface area contributed by atoms with Crippen molar-refractivity contribution in [1.29, 1.82) is 0 Å². The van der Waals surface area contributed by atoms with E-state index in [4.69, 9.17) is 5.73 Å². The normalized spacial score (nSPS) is 13.5. The summed E-state index contributed by atoms with van der Waals surface area (Å²) in [5.74, 6) is -0.521. The minimum atomic E-state index is -3.31. The second-order valence-electron chi connectivity index (χ2n) is 7.82. The fraction of sp³-hybridized carbons (Fsp3) is 0.217. The first-order valence-electron chi connectivity index (χ1n) is 10.1. The number of aromatic nitrogens is 1. The Morgan fingerprint density at radius 3 is 2.28 bits per heavy atom. The molecule has 32 heavy (non-hydrogen) atoms. The first-order valence-corrected chi connectivity index (χ1v) is 12.0. The van der Waals surface area contributed by atoms with Crippen LogP contribution in [0.25, 0.3) is 5.69 Å². The SMILES string of the molecule is Cc1c(C(N)=O)c2c(n1-c1ccccc1)CCN(C(=O)Nc1ccc(S(C)(=O)=O)cc1)C2. The number of rotatable bonds is 4. The molecule has 2 heterocycles. The van der Waals surface area contributed by atoms with E-state index in [2.05, 4.69) is 5.32 Å². The van der Waals surface area contributed by atoms with Gasteiger partial charge in [0.25, 0.3) is 5.91 Å². The van der Waals surface area contributed by atoms with Crippen molar-refractivity contribution in [3.8, 4) is 5.69 Å². The molecule has 4 rings (SSSR count). The number of hydrogen-bond acceptors (Lipinski definition) is 4. The molecule has 0 fully saturated rings. The van der Waals surface area contributed by atoms with Gasteiger partial charge in [-0.2, -0.15) is 0 Å². The average Bonchev–Trinajstić information content (AvgIpc) is 3.05. The van der Waals surface area contributed by atoms with E-state index >= 15 is 0 Å². The number of nitrogens with one attached hydrogen (secondary N) is 1. The molecule has 0 bridgehead atoms. The number of primary amides is 1. The first-order chi connectivity index (χ1) is 15.2. The highest BCUT2D eigenvalue weighted by molar-refractivity contribution is 7.90. The largest absolute Gasteiger partial charge is 0.366 e. The Morgan fingerprint density at radius 1 is 1.03 bits per heavy atom. The van der Waals surface area contributed by atoms with Gasteiger partial charge in [0.05, 0.1) is 17.0 Å². The monoisotopic (exact) mass is 452 g/mol. The predicted molar refractivity (Wildman–Crippen MR) is 122 cm³/mol. The zero-order chi connectivity index (χ0) is 23.0. The van der Waals surface area contributed by atoms with Gasteiger partial charge in [-0.15, -0.1) is 0 Å². The van der Waals surface area contributed by atoms with Crippen LogP contribution in [0, 0.1) is 6.92 Å². The van der Waals surface area contributed by atoms with Crippen LogP contribution in [0.4, 0.5) is 10.5 Å². The number of carbonyl (C=O) groups is 2. The van der Waals surface area contributed by atoms with E-state index in [9.17, 15) is 18.0 Å². The summed E-state index contributed by atoms with van der Waals surface area (Å²) in [6, 6.07) is 15.4. The highest BCUT2D eigenvalue weighted by Crippen LogP contribution is 2.31. The highest BCUT2D eigenvalue weighted by atomic mass is 32.2. The minimum absolute atomic E-state index is 0.182. The summed E-state index contributed by atoms with van der Waals surface area (Å²) < 4.78 is 25.3. The number of carbonyl (C=O) groups excluding carboxylic acids is 2. The van der Waals surface area contributed by atoms with Crippen molar-refractivity contribution in [2.75, 3.05) is 18.1 Å². The minimum Gasteiger partial charge on any atom is -0.366 e. The van der Waals surface area contributed by atoms with Crippen LogP contribution < -0.4 is 11.1 Å². The number of urea groups is 1. The van der Waals surface area contributed by atoms with Crippen LogP contribution in [-0.2, 0) is 22.8 Å². The number of hydrogen-bond donors (Lipinski definition) is 2. The van der Waals surface area contributed by atoms with Crippen LogP contribution in [-0.4, -0.2) is 42.6 Å². The molecule has 0 atom stereocenters. The topological polar surface area (TPSA) is 114 Å². The number of sulfone groups is 1. The van der Waals surface area contributed by atoms with Gasteiger partial charge >= 0.3 is 6.03 Å². The lowest BCUT2D eigenvalue weighted by Gasteiger charge is -2.28. The molecule has 1 aromatic heterocycles. The molecule has 3 aromatic rings. The molecular weight excluding hydrogens is 428 g/mol. The Balaban J connectivity index is 1.61. The number of para-hydroxylation sites is 1. The Kier molecular flexibility index (Phi) is 5.52. The van der Waals surface area contributed by atoms with Crippen molar-refractivity contribution >= 4 is 27.5 Å². The van der Waals surface area contributed by atoms with Crippen molar-refractivity contribution in [1.82, 2.24) is 9.47 Å². The summed E-state index contributed by atoms with van der Waals surface area (Å²) in [6.07, 6.45) is 1.70. The van der Waals surface area contributed by atoms with E-state index in [-0.39, 0.29) is 17.5 Å². The molecule has 1 aliphatic heterocycles. The average molecular weight is 453 g/mol. The second-order valence-corrected chi connectivity index (χ2v) is 9.83. The molecule has 0 radical (unpaired) electrons. The number of anilines is 1. The molecule has 2 aromatic carbocycles. The number of nitrogens with two attached hydrogens (primary N) is 1. The molecule has 0 saturated carbocycles. The lowest BCUT2D eigenvalue weighted by Crippen LogP contribution is -2.39. The fourth-order valence-electron chi connectivity index (χ4n) is 4.17. The lowest BCUT2D eigenvalue weighted by atomic mass is 10.0. The lowest BCUT2D eigenvalue weighted by molar-refractivity contribution is 0.0997. The van der Waals surface area contributed by atoms with Gasteiger partial charge in [-0.05, 0) is 43.3 Å². The van der Waals surface area contributed by atoms with E-state index in [1.54, 1.807) is 17.0 Å². The van der Waals surface area contributed by atoms with Crippen LogP contribution in [0.2, 0.25) is 0 Å². The highest BCUT2D eigenvalue weighted by Gasteiger charge is 2.30. The third-order valence-corrected chi connectivity index (χ3v) is 6.79. The van der Waals surface area contributed by atoms with Crippen LogP contribution in [0.15, 0.2) is 59.5 Å². The van der Waals surface area contributed by atoms with Gasteiger partial charge in [-0.3, -0.25) is 4.79 Å².